The zero-order chi connectivity index (χ0) is 17.2. The first kappa shape index (κ1) is 17.1. The Morgan fingerprint density at radius 3 is 2.65 bits per heavy atom. The monoisotopic (exact) mass is 321 g/mol. The number of hydrogen-bond donors (Lipinski definition) is 2. The molecule has 0 bridgehead atoms. The van der Waals surface area contributed by atoms with Gasteiger partial charge in [-0.2, -0.15) is 0 Å². The van der Waals surface area contributed by atoms with Gasteiger partial charge in [-0.1, -0.05) is 6.07 Å². The number of amides is 1. The van der Waals surface area contributed by atoms with Crippen molar-refractivity contribution < 1.29 is 19.4 Å². The average Bonchev–Trinajstić information content (AvgIpc) is 2.36. The molecule has 7 heteroatoms. The SMILES string of the molecule is Cc1ccc(NCC2CCN2C(=O)OC(C)(C)C)nc1C(=O)O. The molecule has 23 heavy (non-hydrogen) atoms. The van der Waals surface area contributed by atoms with Crippen LogP contribution in [0.25, 0.3) is 0 Å². The Morgan fingerprint density at radius 1 is 1.43 bits per heavy atom. The molecule has 1 fully saturated rings. The van der Waals surface area contributed by atoms with Gasteiger partial charge in [0.15, 0.2) is 5.69 Å². The molecule has 126 valence electrons. The molecule has 1 aliphatic heterocycles. The van der Waals surface area contributed by atoms with Crippen LogP contribution < -0.4 is 5.32 Å². The molecule has 1 aromatic rings. The fourth-order valence-corrected chi connectivity index (χ4v) is 2.28. The van der Waals surface area contributed by atoms with Gasteiger partial charge in [-0.25, -0.2) is 14.6 Å². The summed E-state index contributed by atoms with van der Waals surface area (Å²) in [4.78, 5) is 28.9. The lowest BCUT2D eigenvalue weighted by Crippen LogP contribution is -2.55. The van der Waals surface area contributed by atoms with Crippen LogP contribution in [-0.2, 0) is 4.74 Å². The molecular weight excluding hydrogens is 298 g/mol. The van der Waals surface area contributed by atoms with E-state index < -0.39 is 11.6 Å². The highest BCUT2D eigenvalue weighted by molar-refractivity contribution is 5.87. The van der Waals surface area contributed by atoms with E-state index in [2.05, 4.69) is 10.3 Å². The Balaban J connectivity index is 1.93. The average molecular weight is 321 g/mol. The van der Waals surface area contributed by atoms with Gasteiger partial charge in [0.05, 0.1) is 6.04 Å². The standard InChI is InChI=1S/C16H23N3O4/c1-10-5-6-12(18-13(10)14(20)21)17-9-11-7-8-19(11)15(22)23-16(2,3)4/h5-6,11H,7-9H2,1-4H3,(H,17,18)(H,20,21). The molecule has 1 saturated heterocycles. The van der Waals surface area contributed by atoms with Crippen molar-refractivity contribution in [2.45, 2.75) is 45.8 Å². The summed E-state index contributed by atoms with van der Waals surface area (Å²) >= 11 is 0. The summed E-state index contributed by atoms with van der Waals surface area (Å²) in [6.07, 6.45) is 0.558. The van der Waals surface area contributed by atoms with Crippen molar-refractivity contribution in [2.24, 2.45) is 0 Å². The number of carboxylic acids is 1. The number of carbonyl (C=O) groups excluding carboxylic acids is 1. The van der Waals surface area contributed by atoms with Gasteiger partial charge in [-0.15, -0.1) is 0 Å². The first-order valence-corrected chi connectivity index (χ1v) is 7.62. The lowest BCUT2D eigenvalue weighted by molar-refractivity contribution is -0.00276. The molecule has 0 radical (unpaired) electrons. The van der Waals surface area contributed by atoms with Crippen LogP contribution in [0.2, 0.25) is 0 Å². The normalized spacial score (nSPS) is 17.4. The molecule has 2 heterocycles. The number of pyridine rings is 1. The van der Waals surface area contributed by atoms with Crippen LogP contribution in [0.4, 0.5) is 10.6 Å². The summed E-state index contributed by atoms with van der Waals surface area (Å²) in [6, 6.07) is 3.48. The Hall–Kier alpha value is -2.31. The van der Waals surface area contributed by atoms with Crippen LogP contribution >= 0.6 is 0 Å². The summed E-state index contributed by atoms with van der Waals surface area (Å²) in [5.41, 5.74) is 0.134. The molecule has 1 aliphatic rings. The molecule has 2 rings (SSSR count). The summed E-state index contributed by atoms with van der Waals surface area (Å²) < 4.78 is 5.36. The van der Waals surface area contributed by atoms with Gasteiger partial charge in [0.2, 0.25) is 0 Å². The van der Waals surface area contributed by atoms with Gasteiger partial charge in [0, 0.05) is 13.1 Å². The van der Waals surface area contributed by atoms with Gasteiger partial charge in [0.25, 0.3) is 0 Å². The molecule has 1 atom stereocenters. The van der Waals surface area contributed by atoms with E-state index in [1.165, 1.54) is 0 Å². The number of hydrogen-bond acceptors (Lipinski definition) is 5. The summed E-state index contributed by atoms with van der Waals surface area (Å²) in [5, 5.41) is 12.2. The highest BCUT2D eigenvalue weighted by atomic mass is 16.6. The Bertz CT molecular complexity index is 610. The first-order chi connectivity index (χ1) is 10.7. The summed E-state index contributed by atoms with van der Waals surface area (Å²) in [5.74, 6) is -0.561. The second-order valence-electron chi connectivity index (χ2n) is 6.66. The Labute approximate surface area is 135 Å². The van der Waals surface area contributed by atoms with Crippen molar-refractivity contribution in [2.75, 3.05) is 18.4 Å². The number of carbonyl (C=O) groups is 2. The Morgan fingerprint density at radius 2 is 2.13 bits per heavy atom. The Kier molecular flexibility index (Phi) is 4.77. The van der Waals surface area contributed by atoms with E-state index in [0.29, 0.717) is 24.5 Å². The smallest absolute Gasteiger partial charge is 0.410 e. The third-order valence-electron chi connectivity index (χ3n) is 3.59. The van der Waals surface area contributed by atoms with Crippen molar-refractivity contribution in [3.05, 3.63) is 23.4 Å². The maximum absolute atomic E-state index is 12.0. The van der Waals surface area contributed by atoms with Crippen molar-refractivity contribution in [1.29, 1.82) is 0 Å². The van der Waals surface area contributed by atoms with Crippen LogP contribution in [0.15, 0.2) is 12.1 Å². The first-order valence-electron chi connectivity index (χ1n) is 7.62. The van der Waals surface area contributed by atoms with Crippen LogP contribution in [0.3, 0.4) is 0 Å². The van der Waals surface area contributed by atoms with E-state index in [4.69, 9.17) is 9.84 Å². The number of nitrogens with zero attached hydrogens (tertiary/aromatic N) is 2. The zero-order valence-electron chi connectivity index (χ0n) is 13.9. The topological polar surface area (TPSA) is 91.8 Å². The molecule has 0 aliphatic carbocycles. The molecule has 1 amide bonds. The number of aromatic nitrogens is 1. The molecule has 7 nitrogen and oxygen atoms in total. The molecule has 0 aromatic carbocycles. The second kappa shape index (κ2) is 6.44. The van der Waals surface area contributed by atoms with E-state index >= 15 is 0 Å². The molecular formula is C16H23N3O4. The summed E-state index contributed by atoms with van der Waals surface area (Å²) in [6.45, 7) is 8.39. The van der Waals surface area contributed by atoms with Crippen LogP contribution in [0, 0.1) is 6.92 Å². The van der Waals surface area contributed by atoms with Gasteiger partial charge >= 0.3 is 12.1 Å². The highest BCUT2D eigenvalue weighted by Crippen LogP contribution is 2.22. The third-order valence-corrected chi connectivity index (χ3v) is 3.59. The predicted molar refractivity (Wildman–Crippen MR) is 85.8 cm³/mol. The van der Waals surface area contributed by atoms with Gasteiger partial charge in [-0.05, 0) is 45.7 Å². The van der Waals surface area contributed by atoms with Gasteiger partial charge in [-0.3, -0.25) is 0 Å². The molecule has 2 N–H and O–H groups in total. The molecule has 0 spiro atoms. The van der Waals surface area contributed by atoms with Crippen LogP contribution in [0.1, 0.15) is 43.2 Å². The minimum Gasteiger partial charge on any atom is -0.477 e. The number of rotatable bonds is 4. The van der Waals surface area contributed by atoms with E-state index in [1.54, 1.807) is 24.0 Å². The maximum atomic E-state index is 12.0. The van der Waals surface area contributed by atoms with Crippen molar-refractivity contribution in [3.8, 4) is 0 Å². The predicted octanol–water partition coefficient (Wildman–Crippen LogP) is 2.51. The van der Waals surface area contributed by atoms with E-state index in [9.17, 15) is 9.59 Å². The lowest BCUT2D eigenvalue weighted by atomic mass is 10.0. The lowest BCUT2D eigenvalue weighted by Gasteiger charge is -2.41. The second-order valence-corrected chi connectivity index (χ2v) is 6.66. The van der Waals surface area contributed by atoms with E-state index in [1.807, 2.05) is 20.8 Å². The number of aryl methyl sites for hydroxylation is 1. The van der Waals surface area contributed by atoms with Crippen molar-refractivity contribution in [3.63, 3.8) is 0 Å². The maximum Gasteiger partial charge on any atom is 0.410 e. The third kappa shape index (κ3) is 4.34. The number of likely N-dealkylation sites (tertiary alicyclic amines) is 1. The molecule has 1 unspecified atom stereocenters. The number of nitrogens with one attached hydrogen (secondary N) is 1. The van der Waals surface area contributed by atoms with Crippen molar-refractivity contribution in [1.82, 2.24) is 9.88 Å². The number of aromatic carboxylic acids is 1. The number of anilines is 1. The number of carboxylic acid groups (broad SMARTS) is 1. The van der Waals surface area contributed by atoms with Gasteiger partial charge in [0.1, 0.15) is 11.4 Å². The molecule has 1 aromatic heterocycles. The summed E-state index contributed by atoms with van der Waals surface area (Å²) in [7, 11) is 0. The minimum absolute atomic E-state index is 0.0289. The molecule has 0 saturated carbocycles. The fraction of sp³-hybridized carbons (Fsp3) is 0.562. The van der Waals surface area contributed by atoms with Crippen molar-refractivity contribution >= 4 is 17.9 Å². The van der Waals surface area contributed by atoms with E-state index in [0.717, 1.165) is 6.42 Å². The van der Waals surface area contributed by atoms with Gasteiger partial charge < -0.3 is 20.1 Å². The van der Waals surface area contributed by atoms with Crippen LogP contribution in [-0.4, -0.2) is 51.8 Å². The van der Waals surface area contributed by atoms with E-state index in [-0.39, 0.29) is 17.8 Å². The fourth-order valence-electron chi connectivity index (χ4n) is 2.28. The minimum atomic E-state index is -1.05. The van der Waals surface area contributed by atoms with Crippen LogP contribution in [0.5, 0.6) is 0 Å². The highest BCUT2D eigenvalue weighted by Gasteiger charge is 2.35. The quantitative estimate of drug-likeness (QED) is 0.885. The zero-order valence-corrected chi connectivity index (χ0v) is 13.9. The largest absolute Gasteiger partial charge is 0.477 e. The number of ether oxygens (including phenoxy) is 1.